The van der Waals surface area contributed by atoms with Gasteiger partial charge in [0, 0.05) is 28.9 Å². The normalized spacial score (nSPS) is 14.5. The van der Waals surface area contributed by atoms with Crippen molar-refractivity contribution in [1.29, 1.82) is 0 Å². The third-order valence-corrected chi connectivity index (χ3v) is 4.67. The predicted molar refractivity (Wildman–Crippen MR) is 101 cm³/mol. The molecule has 0 unspecified atom stereocenters. The Morgan fingerprint density at radius 1 is 1.17 bits per heavy atom. The molecule has 0 atom stereocenters. The van der Waals surface area contributed by atoms with Crippen LogP contribution in [0.25, 0.3) is 0 Å². The standard InChI is InChI=1S/C19H21BrN2O2/c1-14-12-17(22-8-10-24-11-9-22)6-7-18(14)21-19(23)13-15-2-4-16(20)5-3-15/h2-7,12H,8-11,13H2,1H3,(H,21,23). The third-order valence-electron chi connectivity index (χ3n) is 4.14. The summed E-state index contributed by atoms with van der Waals surface area (Å²) >= 11 is 3.40. The molecule has 1 saturated heterocycles. The van der Waals surface area contributed by atoms with Gasteiger partial charge in [0.2, 0.25) is 5.91 Å². The maximum Gasteiger partial charge on any atom is 0.228 e. The second-order valence-corrected chi connectivity index (χ2v) is 6.87. The molecule has 3 rings (SSSR count). The smallest absolute Gasteiger partial charge is 0.228 e. The number of aryl methyl sites for hydroxylation is 1. The van der Waals surface area contributed by atoms with E-state index in [1.54, 1.807) is 0 Å². The van der Waals surface area contributed by atoms with Crippen molar-refractivity contribution in [3.8, 4) is 0 Å². The second kappa shape index (κ2) is 7.81. The highest BCUT2D eigenvalue weighted by atomic mass is 79.9. The van der Waals surface area contributed by atoms with Crippen LogP contribution in [-0.2, 0) is 16.0 Å². The van der Waals surface area contributed by atoms with Gasteiger partial charge in [-0.1, -0.05) is 28.1 Å². The van der Waals surface area contributed by atoms with E-state index in [9.17, 15) is 4.79 Å². The SMILES string of the molecule is Cc1cc(N2CCOCC2)ccc1NC(=O)Cc1ccc(Br)cc1. The van der Waals surface area contributed by atoms with E-state index in [0.717, 1.165) is 47.6 Å². The van der Waals surface area contributed by atoms with Gasteiger partial charge in [0.05, 0.1) is 19.6 Å². The van der Waals surface area contributed by atoms with Crippen molar-refractivity contribution in [2.24, 2.45) is 0 Å². The minimum atomic E-state index is -0.000421. The zero-order valence-corrected chi connectivity index (χ0v) is 15.3. The van der Waals surface area contributed by atoms with E-state index >= 15 is 0 Å². The van der Waals surface area contributed by atoms with Gasteiger partial charge in [-0.25, -0.2) is 0 Å². The van der Waals surface area contributed by atoms with Gasteiger partial charge in [-0.15, -0.1) is 0 Å². The summed E-state index contributed by atoms with van der Waals surface area (Å²) in [7, 11) is 0. The quantitative estimate of drug-likeness (QED) is 0.866. The number of benzene rings is 2. The summed E-state index contributed by atoms with van der Waals surface area (Å²) in [5.41, 5.74) is 4.12. The molecule has 1 fully saturated rings. The molecule has 126 valence electrons. The number of hydrogen-bond acceptors (Lipinski definition) is 3. The summed E-state index contributed by atoms with van der Waals surface area (Å²) in [6.45, 7) is 5.39. The molecule has 1 aliphatic heterocycles. The highest BCUT2D eigenvalue weighted by Gasteiger charge is 2.13. The zero-order chi connectivity index (χ0) is 16.9. The minimum absolute atomic E-state index is 0.000421. The van der Waals surface area contributed by atoms with Crippen LogP contribution < -0.4 is 10.2 Å². The van der Waals surface area contributed by atoms with Crippen molar-refractivity contribution >= 4 is 33.2 Å². The van der Waals surface area contributed by atoms with Crippen LogP contribution in [0.1, 0.15) is 11.1 Å². The molecule has 2 aromatic rings. The molecule has 0 saturated carbocycles. The highest BCUT2D eigenvalue weighted by molar-refractivity contribution is 9.10. The summed E-state index contributed by atoms with van der Waals surface area (Å²) in [6, 6.07) is 14.0. The summed E-state index contributed by atoms with van der Waals surface area (Å²) in [6.07, 6.45) is 0.373. The molecule has 0 radical (unpaired) electrons. The molecule has 0 aromatic heterocycles. The molecule has 1 amide bonds. The van der Waals surface area contributed by atoms with Crippen molar-refractivity contribution in [3.05, 3.63) is 58.1 Å². The number of nitrogens with one attached hydrogen (secondary N) is 1. The number of rotatable bonds is 4. The summed E-state index contributed by atoms with van der Waals surface area (Å²) in [5.74, 6) is -0.000421. The molecule has 5 heteroatoms. The van der Waals surface area contributed by atoms with E-state index in [-0.39, 0.29) is 5.91 Å². The van der Waals surface area contributed by atoms with E-state index in [1.165, 1.54) is 5.69 Å². The highest BCUT2D eigenvalue weighted by Crippen LogP contribution is 2.23. The minimum Gasteiger partial charge on any atom is -0.378 e. The summed E-state index contributed by atoms with van der Waals surface area (Å²) < 4.78 is 6.41. The van der Waals surface area contributed by atoms with Crippen LogP contribution >= 0.6 is 15.9 Å². The third kappa shape index (κ3) is 4.36. The number of hydrogen-bond donors (Lipinski definition) is 1. The molecule has 1 aliphatic rings. The molecule has 1 heterocycles. The van der Waals surface area contributed by atoms with E-state index in [0.29, 0.717) is 6.42 Å². The van der Waals surface area contributed by atoms with Crippen molar-refractivity contribution in [2.45, 2.75) is 13.3 Å². The van der Waals surface area contributed by atoms with Gasteiger partial charge in [0.1, 0.15) is 0 Å². The molecule has 0 bridgehead atoms. The molecule has 1 N–H and O–H groups in total. The molecule has 0 spiro atoms. The van der Waals surface area contributed by atoms with Crippen LogP contribution in [0.15, 0.2) is 46.9 Å². The van der Waals surface area contributed by atoms with Crippen molar-refractivity contribution in [3.63, 3.8) is 0 Å². The molecule has 2 aromatic carbocycles. The topological polar surface area (TPSA) is 41.6 Å². The molecule has 24 heavy (non-hydrogen) atoms. The summed E-state index contributed by atoms with van der Waals surface area (Å²) in [5, 5.41) is 3.01. The Kier molecular flexibility index (Phi) is 5.53. The maximum atomic E-state index is 12.3. The van der Waals surface area contributed by atoms with Crippen molar-refractivity contribution in [2.75, 3.05) is 36.5 Å². The summed E-state index contributed by atoms with van der Waals surface area (Å²) in [4.78, 5) is 14.6. The number of carbonyl (C=O) groups is 1. The van der Waals surface area contributed by atoms with Gasteiger partial charge >= 0.3 is 0 Å². The number of halogens is 1. The molecular formula is C19H21BrN2O2. The fraction of sp³-hybridized carbons (Fsp3) is 0.316. The first-order chi connectivity index (χ1) is 11.6. The van der Waals surface area contributed by atoms with Crippen LogP contribution in [0.5, 0.6) is 0 Å². The van der Waals surface area contributed by atoms with Gasteiger partial charge in [-0.05, 0) is 48.4 Å². The Labute approximate surface area is 150 Å². The Bertz CT molecular complexity index is 710. The van der Waals surface area contributed by atoms with E-state index in [4.69, 9.17) is 4.74 Å². The lowest BCUT2D eigenvalue weighted by molar-refractivity contribution is -0.115. The number of amides is 1. The monoisotopic (exact) mass is 388 g/mol. The van der Waals surface area contributed by atoms with Crippen molar-refractivity contribution in [1.82, 2.24) is 0 Å². The first-order valence-corrected chi connectivity index (χ1v) is 8.89. The first kappa shape index (κ1) is 17.0. The van der Waals surface area contributed by atoms with Crippen LogP contribution in [-0.4, -0.2) is 32.2 Å². The van der Waals surface area contributed by atoms with E-state index < -0.39 is 0 Å². The average Bonchev–Trinajstić information content (AvgIpc) is 2.59. The number of carbonyl (C=O) groups excluding carboxylic acids is 1. The van der Waals surface area contributed by atoms with Crippen LogP contribution in [0.2, 0.25) is 0 Å². The Hall–Kier alpha value is -1.85. The van der Waals surface area contributed by atoms with Gasteiger partial charge in [-0.2, -0.15) is 0 Å². The van der Waals surface area contributed by atoms with Gasteiger partial charge in [0.15, 0.2) is 0 Å². The lowest BCUT2D eigenvalue weighted by Crippen LogP contribution is -2.36. The Morgan fingerprint density at radius 3 is 2.54 bits per heavy atom. The number of nitrogens with zero attached hydrogens (tertiary/aromatic N) is 1. The zero-order valence-electron chi connectivity index (χ0n) is 13.7. The fourth-order valence-electron chi connectivity index (χ4n) is 2.79. The first-order valence-electron chi connectivity index (χ1n) is 8.09. The molecular weight excluding hydrogens is 368 g/mol. The van der Waals surface area contributed by atoms with E-state index in [2.05, 4.69) is 38.3 Å². The fourth-order valence-corrected chi connectivity index (χ4v) is 3.05. The maximum absolute atomic E-state index is 12.3. The lowest BCUT2D eigenvalue weighted by Gasteiger charge is -2.29. The Balaban J connectivity index is 1.64. The average molecular weight is 389 g/mol. The molecule has 4 nitrogen and oxygen atoms in total. The van der Waals surface area contributed by atoms with Crippen LogP contribution in [0.4, 0.5) is 11.4 Å². The second-order valence-electron chi connectivity index (χ2n) is 5.95. The largest absolute Gasteiger partial charge is 0.378 e. The number of morpholine rings is 1. The predicted octanol–water partition coefficient (Wildman–Crippen LogP) is 3.78. The van der Waals surface area contributed by atoms with Crippen LogP contribution in [0, 0.1) is 6.92 Å². The lowest BCUT2D eigenvalue weighted by atomic mass is 10.1. The van der Waals surface area contributed by atoms with E-state index in [1.807, 2.05) is 37.3 Å². The van der Waals surface area contributed by atoms with Crippen molar-refractivity contribution < 1.29 is 9.53 Å². The number of anilines is 2. The van der Waals surface area contributed by atoms with Gasteiger partial charge in [-0.3, -0.25) is 4.79 Å². The molecule has 0 aliphatic carbocycles. The number of ether oxygens (including phenoxy) is 1. The van der Waals surface area contributed by atoms with Gasteiger partial charge < -0.3 is 15.0 Å². The Morgan fingerprint density at radius 2 is 1.88 bits per heavy atom. The van der Waals surface area contributed by atoms with Gasteiger partial charge in [0.25, 0.3) is 0 Å². The van der Waals surface area contributed by atoms with Crippen LogP contribution in [0.3, 0.4) is 0 Å².